The molecule has 0 bridgehead atoms. The number of amides is 1. The van der Waals surface area contributed by atoms with E-state index in [0.29, 0.717) is 12.8 Å². The molecule has 2 fully saturated rings. The van der Waals surface area contributed by atoms with Crippen molar-refractivity contribution in [2.45, 2.75) is 460 Å². The van der Waals surface area contributed by atoms with Crippen LogP contribution in [0.3, 0.4) is 0 Å². The fraction of sp³-hybridized carbons (Fsp3) is 0.872. The summed E-state index contributed by atoms with van der Waals surface area (Å²) >= 11 is 0. The maximum absolute atomic E-state index is 13.4. The van der Waals surface area contributed by atoms with Crippen molar-refractivity contribution in [2.75, 3.05) is 19.8 Å². The van der Waals surface area contributed by atoms with Crippen molar-refractivity contribution in [3.8, 4) is 0 Å². The van der Waals surface area contributed by atoms with E-state index in [9.17, 15) is 45.6 Å². The Balaban J connectivity index is 1.61. The predicted octanol–water partition coefficient (Wildman–Crippen LogP) is 19.9. The van der Waals surface area contributed by atoms with Crippen LogP contribution in [0.4, 0.5) is 0 Å². The van der Waals surface area contributed by atoms with Crippen LogP contribution in [0, 0.1) is 0 Å². The molecule has 2 saturated heterocycles. The molecule has 1 amide bonds. The van der Waals surface area contributed by atoms with Crippen molar-refractivity contribution in [3.05, 3.63) is 60.8 Å². The Hall–Kier alpha value is -2.31. The lowest BCUT2D eigenvalue weighted by Crippen LogP contribution is -2.65. The molecule has 0 aliphatic carbocycles. The van der Waals surface area contributed by atoms with Gasteiger partial charge in [-0.2, -0.15) is 0 Å². The highest BCUT2D eigenvalue weighted by atomic mass is 16.7. The van der Waals surface area contributed by atoms with Crippen molar-refractivity contribution in [3.63, 3.8) is 0 Å². The third-order valence-electron chi connectivity index (χ3n) is 20.7. The van der Waals surface area contributed by atoms with Gasteiger partial charge in [0.25, 0.3) is 0 Å². The molecule has 0 aromatic heterocycles. The fourth-order valence-corrected chi connectivity index (χ4v) is 13.9. The third-order valence-corrected chi connectivity index (χ3v) is 20.7. The van der Waals surface area contributed by atoms with E-state index in [-0.39, 0.29) is 18.9 Å². The molecular weight excluding hydrogens is 1250 g/mol. The van der Waals surface area contributed by atoms with Gasteiger partial charge in [-0.1, -0.05) is 364 Å². The van der Waals surface area contributed by atoms with E-state index in [1.807, 2.05) is 6.08 Å². The largest absolute Gasteiger partial charge is 0.394 e. The van der Waals surface area contributed by atoms with Gasteiger partial charge in [0.2, 0.25) is 5.91 Å². The topological polar surface area (TPSA) is 228 Å². The number of carbonyl (C=O) groups excluding carboxylic acids is 1. The van der Waals surface area contributed by atoms with Crippen LogP contribution in [0.25, 0.3) is 0 Å². The molecule has 2 aliphatic heterocycles. The van der Waals surface area contributed by atoms with Crippen LogP contribution in [-0.2, 0) is 23.7 Å². The van der Waals surface area contributed by atoms with Crippen LogP contribution >= 0.6 is 0 Å². The average Bonchev–Trinajstić information content (AvgIpc) is 0.791. The molecule has 9 N–H and O–H groups in total. The summed E-state index contributed by atoms with van der Waals surface area (Å²) in [7, 11) is 0. The summed E-state index contributed by atoms with van der Waals surface area (Å²) in [5.41, 5.74) is 0. The number of carbonyl (C=O) groups is 1. The van der Waals surface area contributed by atoms with E-state index in [2.05, 4.69) is 67.8 Å². The first kappa shape index (κ1) is 93.8. The van der Waals surface area contributed by atoms with Crippen LogP contribution in [0.1, 0.15) is 386 Å². The summed E-state index contributed by atoms with van der Waals surface area (Å²) in [5.74, 6) is -0.247. The normalized spacial score (nSPS) is 22.1. The molecule has 12 unspecified atom stereocenters. The minimum absolute atomic E-state index is 0.247. The monoisotopic (exact) mass is 1410 g/mol. The summed E-state index contributed by atoms with van der Waals surface area (Å²) in [6, 6.07) is -0.941. The van der Waals surface area contributed by atoms with Gasteiger partial charge in [0.05, 0.1) is 32.0 Å². The van der Waals surface area contributed by atoms with Crippen molar-refractivity contribution < 1.29 is 64.6 Å². The Kier molecular flexibility index (Phi) is 65.4. The molecular formula is C86H159NO13. The minimum atomic E-state index is -1.80. The van der Waals surface area contributed by atoms with Gasteiger partial charge in [0.15, 0.2) is 12.6 Å². The average molecular weight is 1420 g/mol. The van der Waals surface area contributed by atoms with Crippen molar-refractivity contribution in [2.24, 2.45) is 0 Å². The number of rotatable bonds is 72. The first-order valence-corrected chi connectivity index (χ1v) is 42.5. The second kappa shape index (κ2) is 69.7. The number of hydrogen-bond donors (Lipinski definition) is 9. The van der Waals surface area contributed by atoms with Crippen molar-refractivity contribution >= 4 is 5.91 Å². The molecule has 14 heteroatoms. The summed E-state index contributed by atoms with van der Waals surface area (Å²) in [4.78, 5) is 13.4. The molecule has 0 aromatic rings. The van der Waals surface area contributed by atoms with Gasteiger partial charge in [-0.3, -0.25) is 4.79 Å². The molecule has 2 rings (SSSR count). The second-order valence-corrected chi connectivity index (χ2v) is 29.9. The quantitative estimate of drug-likeness (QED) is 0.0204. The first-order chi connectivity index (χ1) is 49.1. The Labute approximate surface area is 613 Å². The van der Waals surface area contributed by atoms with E-state index in [0.717, 1.165) is 51.4 Å². The Morgan fingerprint density at radius 2 is 0.670 bits per heavy atom. The van der Waals surface area contributed by atoms with Crippen molar-refractivity contribution in [1.29, 1.82) is 0 Å². The molecule has 14 nitrogen and oxygen atoms in total. The highest BCUT2D eigenvalue weighted by molar-refractivity contribution is 5.76. The molecule has 0 aromatic carbocycles. The van der Waals surface area contributed by atoms with E-state index in [4.69, 9.17) is 18.9 Å². The van der Waals surface area contributed by atoms with Gasteiger partial charge in [-0.05, 0) is 77.0 Å². The van der Waals surface area contributed by atoms with Crippen LogP contribution < -0.4 is 5.32 Å². The predicted molar refractivity (Wildman–Crippen MR) is 415 cm³/mol. The maximum atomic E-state index is 13.4. The highest BCUT2D eigenvalue weighted by Gasteiger charge is 2.51. The van der Waals surface area contributed by atoms with E-state index in [1.165, 1.54) is 302 Å². The third kappa shape index (κ3) is 51.8. The van der Waals surface area contributed by atoms with Gasteiger partial charge in [0, 0.05) is 6.42 Å². The molecule has 12 atom stereocenters. The highest BCUT2D eigenvalue weighted by Crippen LogP contribution is 2.30. The molecule has 2 heterocycles. The Morgan fingerprint density at radius 1 is 0.360 bits per heavy atom. The first-order valence-electron chi connectivity index (χ1n) is 42.5. The fourth-order valence-electron chi connectivity index (χ4n) is 13.9. The summed E-state index contributed by atoms with van der Waals surface area (Å²) in [5, 5.41) is 87.7. The lowest BCUT2D eigenvalue weighted by Gasteiger charge is -2.46. The zero-order chi connectivity index (χ0) is 72.2. The number of aliphatic hydroxyl groups excluding tert-OH is 8. The maximum Gasteiger partial charge on any atom is 0.220 e. The molecule has 0 spiro atoms. The minimum Gasteiger partial charge on any atom is -0.394 e. The van der Waals surface area contributed by atoms with E-state index in [1.54, 1.807) is 6.08 Å². The number of ether oxygens (including phenoxy) is 4. The molecule has 0 saturated carbocycles. The molecule has 586 valence electrons. The molecule has 100 heavy (non-hydrogen) atoms. The Morgan fingerprint density at radius 3 is 1.04 bits per heavy atom. The zero-order valence-corrected chi connectivity index (χ0v) is 64.5. The van der Waals surface area contributed by atoms with E-state index < -0.39 is 86.8 Å². The van der Waals surface area contributed by atoms with Crippen LogP contribution in [0.5, 0.6) is 0 Å². The van der Waals surface area contributed by atoms with Gasteiger partial charge >= 0.3 is 0 Å². The summed E-state index contributed by atoms with van der Waals surface area (Å²) in [6.07, 6.45) is 79.0. The van der Waals surface area contributed by atoms with Crippen molar-refractivity contribution in [1.82, 2.24) is 5.32 Å². The zero-order valence-electron chi connectivity index (χ0n) is 64.5. The second-order valence-electron chi connectivity index (χ2n) is 29.9. The molecule has 2 aliphatic rings. The number of unbranched alkanes of at least 4 members (excludes halogenated alkanes) is 51. The van der Waals surface area contributed by atoms with Crippen LogP contribution in [0.15, 0.2) is 60.8 Å². The van der Waals surface area contributed by atoms with E-state index >= 15 is 0 Å². The number of aliphatic hydroxyl groups is 8. The summed E-state index contributed by atoms with van der Waals surface area (Å²) < 4.78 is 22.9. The molecule has 0 radical (unpaired) electrons. The number of nitrogens with one attached hydrogen (secondary N) is 1. The van der Waals surface area contributed by atoms with Gasteiger partial charge in [-0.15, -0.1) is 0 Å². The standard InChI is InChI=1S/C86H159NO13/c1-3-5-7-9-11-13-15-17-19-21-23-25-27-29-31-33-35-37-39-41-43-45-47-49-51-53-55-57-59-61-63-65-67-69-75(90)74(73-97-85-83(96)81(94)84(77(72-89)99-85)100-86-82(95)80(93)79(92)76(71-88)98-86)87-78(91)70-68-66-64-62-60-58-56-54-52-50-48-46-44-42-40-38-36-34-32-30-28-26-24-22-20-18-16-14-12-10-8-6-4-2/h16,18,22,24,51,53,59,61,67,69,74-77,79-86,88-90,92-96H,3-15,17,19-21,23,25-50,52,54-58,60,62-66,68,70-73H2,1-2H3,(H,87,91)/b18-16-,24-22-,53-51+,61-59+,69-67+. The van der Waals surface area contributed by atoms with Crippen LogP contribution in [0.2, 0.25) is 0 Å². The number of allylic oxidation sites excluding steroid dienone is 9. The number of hydrogen-bond acceptors (Lipinski definition) is 13. The smallest absolute Gasteiger partial charge is 0.220 e. The lowest BCUT2D eigenvalue weighted by atomic mass is 9.97. The van der Waals surface area contributed by atoms with Gasteiger partial charge < -0.3 is 65.1 Å². The lowest BCUT2D eigenvalue weighted by molar-refractivity contribution is -0.359. The van der Waals surface area contributed by atoms with Gasteiger partial charge in [-0.25, -0.2) is 0 Å². The van der Waals surface area contributed by atoms with Crippen LogP contribution in [-0.4, -0.2) is 140 Å². The Bertz CT molecular complexity index is 1910. The van der Waals surface area contributed by atoms with Gasteiger partial charge in [0.1, 0.15) is 48.8 Å². The SMILES string of the molecule is CCCCCCC/C=C\C/C=C\CCCCCCCCCCCCCCCCCCCCCCCC(=O)NC(COC1OC(CO)C(OC2OC(CO)C(O)C(O)C2O)C(O)C1O)C(O)/C=C/CC/C=C/CC/C=C/CCCCCCCCCCCCCCCCCCCCCCCCC. The summed E-state index contributed by atoms with van der Waals surface area (Å²) in [6.45, 7) is 2.83.